The first-order chi connectivity index (χ1) is 9.68. The van der Waals surface area contributed by atoms with Crippen LogP contribution in [0.25, 0.3) is 0 Å². The molecule has 1 heterocycles. The Morgan fingerprint density at radius 3 is 2.55 bits per heavy atom. The highest BCUT2D eigenvalue weighted by Gasteiger charge is 2.26. The minimum Gasteiger partial charge on any atom is -0.424 e. The Morgan fingerprint density at radius 2 is 1.95 bits per heavy atom. The zero-order valence-electron chi connectivity index (χ0n) is 11.9. The molecule has 1 fully saturated rings. The summed E-state index contributed by atoms with van der Waals surface area (Å²) in [7, 11) is 0. The lowest BCUT2D eigenvalue weighted by atomic mass is 10.1. The molecule has 1 saturated heterocycles. The summed E-state index contributed by atoms with van der Waals surface area (Å²) in [5.74, 6) is 2.03. The molecule has 1 unspecified atom stereocenters. The summed E-state index contributed by atoms with van der Waals surface area (Å²) in [6.45, 7) is 2.12. The van der Waals surface area contributed by atoms with E-state index in [4.69, 9.17) is 25.4 Å². The van der Waals surface area contributed by atoms with Crippen LogP contribution in [-0.2, 0) is 20.9 Å². The highest BCUT2D eigenvalue weighted by Crippen LogP contribution is 2.52. The maximum atomic E-state index is 5.99. The van der Waals surface area contributed by atoms with Crippen LogP contribution in [0.15, 0.2) is 24.3 Å². The number of benzene rings is 1. The van der Waals surface area contributed by atoms with Crippen molar-refractivity contribution in [2.75, 3.05) is 19.0 Å². The summed E-state index contributed by atoms with van der Waals surface area (Å²) in [6.07, 6.45) is 2.45. The SMILES string of the molecule is CCOP(=S)(OCC)Oc1ccccc1C1CCCS1. The fourth-order valence-corrected chi connectivity index (χ4v) is 5.60. The normalized spacial score (nSPS) is 19.2. The van der Waals surface area contributed by atoms with E-state index in [1.807, 2.05) is 43.8 Å². The van der Waals surface area contributed by atoms with Crippen molar-refractivity contribution in [3.05, 3.63) is 29.8 Å². The number of hydrogen-bond acceptors (Lipinski definition) is 5. The molecule has 0 spiro atoms. The average Bonchev–Trinajstić information content (AvgIpc) is 2.93. The number of thioether (sulfide) groups is 1. The maximum absolute atomic E-state index is 5.99. The molecule has 1 aromatic carbocycles. The van der Waals surface area contributed by atoms with Gasteiger partial charge in [0, 0.05) is 22.6 Å². The third-order valence-electron chi connectivity index (χ3n) is 2.98. The largest absolute Gasteiger partial charge is 0.424 e. The quantitative estimate of drug-likeness (QED) is 0.660. The molecule has 20 heavy (non-hydrogen) atoms. The lowest BCUT2D eigenvalue weighted by Crippen LogP contribution is -2.04. The molecule has 0 N–H and O–H groups in total. The van der Waals surface area contributed by atoms with Gasteiger partial charge in [-0.2, -0.15) is 11.8 Å². The standard InChI is InChI=1S/C14H21O3PS2/c1-3-15-18(19,16-4-2)17-13-9-6-5-8-12(13)14-10-7-11-20-14/h5-6,8-9,14H,3-4,7,10-11H2,1-2H3. The minimum absolute atomic E-state index is 0.498. The molecule has 6 heteroatoms. The third-order valence-corrected chi connectivity index (χ3v) is 6.82. The molecule has 0 saturated carbocycles. The van der Waals surface area contributed by atoms with E-state index < -0.39 is 6.72 Å². The summed E-state index contributed by atoms with van der Waals surface area (Å²) in [5, 5.41) is 0.498. The molecule has 112 valence electrons. The number of hydrogen-bond donors (Lipinski definition) is 0. The predicted molar refractivity (Wildman–Crippen MR) is 89.0 cm³/mol. The van der Waals surface area contributed by atoms with E-state index in [9.17, 15) is 0 Å². The zero-order chi connectivity index (χ0) is 14.4. The van der Waals surface area contributed by atoms with Crippen molar-refractivity contribution in [2.24, 2.45) is 0 Å². The smallest absolute Gasteiger partial charge is 0.380 e. The highest BCUT2D eigenvalue weighted by atomic mass is 32.5. The van der Waals surface area contributed by atoms with Crippen LogP contribution in [0.3, 0.4) is 0 Å². The Bertz CT molecular complexity index is 465. The van der Waals surface area contributed by atoms with E-state index in [1.54, 1.807) is 0 Å². The highest BCUT2D eigenvalue weighted by molar-refractivity contribution is 8.07. The van der Waals surface area contributed by atoms with Gasteiger partial charge in [-0.3, -0.25) is 9.05 Å². The first-order valence-corrected chi connectivity index (χ1v) is 10.6. The van der Waals surface area contributed by atoms with Gasteiger partial charge in [-0.1, -0.05) is 18.2 Å². The first kappa shape index (κ1) is 16.3. The van der Waals surface area contributed by atoms with Gasteiger partial charge in [0.1, 0.15) is 5.75 Å². The van der Waals surface area contributed by atoms with Crippen molar-refractivity contribution in [1.82, 2.24) is 0 Å². The second-order valence-electron chi connectivity index (χ2n) is 4.41. The number of rotatable bonds is 7. The van der Waals surface area contributed by atoms with Crippen LogP contribution in [-0.4, -0.2) is 19.0 Å². The van der Waals surface area contributed by atoms with Crippen LogP contribution >= 0.6 is 18.5 Å². The van der Waals surface area contributed by atoms with Crippen LogP contribution in [0.5, 0.6) is 5.75 Å². The van der Waals surface area contributed by atoms with E-state index in [0.717, 1.165) is 5.75 Å². The number of para-hydroxylation sites is 1. The van der Waals surface area contributed by atoms with Crippen molar-refractivity contribution in [3.63, 3.8) is 0 Å². The molecule has 2 rings (SSSR count). The predicted octanol–water partition coefficient (Wildman–Crippen LogP) is 4.93. The van der Waals surface area contributed by atoms with Crippen LogP contribution in [0.4, 0.5) is 0 Å². The Kier molecular flexibility index (Phi) is 6.37. The van der Waals surface area contributed by atoms with Gasteiger partial charge < -0.3 is 4.52 Å². The van der Waals surface area contributed by atoms with Crippen LogP contribution in [0.2, 0.25) is 0 Å². The summed E-state index contributed by atoms with van der Waals surface area (Å²) in [4.78, 5) is 0. The van der Waals surface area contributed by atoms with Gasteiger partial charge in [-0.25, -0.2) is 0 Å². The monoisotopic (exact) mass is 332 g/mol. The van der Waals surface area contributed by atoms with Crippen molar-refractivity contribution in [3.8, 4) is 5.75 Å². The second kappa shape index (κ2) is 7.81. The molecule has 3 nitrogen and oxygen atoms in total. The molecule has 1 aliphatic rings. The summed E-state index contributed by atoms with van der Waals surface area (Å²) in [6, 6.07) is 8.10. The Balaban J connectivity index is 2.21. The van der Waals surface area contributed by atoms with Gasteiger partial charge in [0.15, 0.2) is 0 Å². The van der Waals surface area contributed by atoms with Crippen molar-refractivity contribution in [2.45, 2.75) is 31.9 Å². The molecule has 0 radical (unpaired) electrons. The minimum atomic E-state index is -2.68. The molecule has 1 atom stereocenters. The molecule has 1 aliphatic heterocycles. The summed E-state index contributed by atoms with van der Waals surface area (Å²) in [5.41, 5.74) is 1.21. The van der Waals surface area contributed by atoms with E-state index in [1.165, 1.54) is 24.2 Å². The molecule has 0 aromatic heterocycles. The van der Waals surface area contributed by atoms with E-state index in [-0.39, 0.29) is 0 Å². The maximum Gasteiger partial charge on any atom is 0.380 e. The van der Waals surface area contributed by atoms with Crippen LogP contribution in [0.1, 0.15) is 37.5 Å². The zero-order valence-corrected chi connectivity index (χ0v) is 14.4. The third kappa shape index (κ3) is 4.22. The molecule has 0 amide bonds. The summed E-state index contributed by atoms with van der Waals surface area (Å²) < 4.78 is 17.1. The Hall–Kier alpha value is -0.0600. The van der Waals surface area contributed by atoms with Gasteiger partial charge in [-0.05, 0) is 38.5 Å². The van der Waals surface area contributed by atoms with Crippen molar-refractivity contribution < 1.29 is 13.6 Å². The van der Waals surface area contributed by atoms with Gasteiger partial charge >= 0.3 is 6.72 Å². The fraction of sp³-hybridized carbons (Fsp3) is 0.571. The van der Waals surface area contributed by atoms with E-state index >= 15 is 0 Å². The van der Waals surface area contributed by atoms with Gasteiger partial charge in [0.05, 0.1) is 13.2 Å². The van der Waals surface area contributed by atoms with Crippen molar-refractivity contribution >= 4 is 30.3 Å². The average molecular weight is 332 g/mol. The van der Waals surface area contributed by atoms with E-state index in [2.05, 4.69) is 6.07 Å². The first-order valence-electron chi connectivity index (χ1n) is 6.97. The van der Waals surface area contributed by atoms with Gasteiger partial charge in [-0.15, -0.1) is 0 Å². The Morgan fingerprint density at radius 1 is 1.25 bits per heavy atom. The lowest BCUT2D eigenvalue weighted by molar-refractivity contribution is 0.217. The van der Waals surface area contributed by atoms with E-state index in [0.29, 0.717) is 18.5 Å². The van der Waals surface area contributed by atoms with Crippen LogP contribution < -0.4 is 4.52 Å². The molecule has 0 bridgehead atoms. The van der Waals surface area contributed by atoms with Crippen LogP contribution in [0, 0.1) is 0 Å². The van der Waals surface area contributed by atoms with Gasteiger partial charge in [0.2, 0.25) is 0 Å². The topological polar surface area (TPSA) is 27.7 Å². The van der Waals surface area contributed by atoms with Gasteiger partial charge in [0.25, 0.3) is 0 Å². The van der Waals surface area contributed by atoms with Crippen molar-refractivity contribution in [1.29, 1.82) is 0 Å². The molecular weight excluding hydrogens is 311 g/mol. The fourth-order valence-electron chi connectivity index (χ4n) is 2.18. The molecule has 1 aromatic rings. The molecule has 0 aliphatic carbocycles. The lowest BCUT2D eigenvalue weighted by Gasteiger charge is -2.23. The summed E-state index contributed by atoms with van der Waals surface area (Å²) >= 11 is 7.43. The molecular formula is C14H21O3PS2. The Labute approximate surface area is 130 Å². The second-order valence-corrected chi connectivity index (χ2v) is 8.66.